The number of carbonyl (C=O) groups is 3. The Morgan fingerprint density at radius 1 is 1.04 bits per heavy atom. The van der Waals surface area contributed by atoms with Crippen molar-refractivity contribution in [2.75, 3.05) is 13.1 Å². The number of alkyl carbamates (subject to hydrolysis) is 1. The van der Waals surface area contributed by atoms with E-state index >= 15 is 0 Å². The van der Waals surface area contributed by atoms with Crippen LogP contribution in [0.3, 0.4) is 0 Å². The molecule has 11 heteroatoms. The Bertz CT molecular complexity index is 1550. The third-order valence-corrected chi connectivity index (χ3v) is 11.4. The number of ether oxygens (including phenoxy) is 1. The van der Waals surface area contributed by atoms with Crippen molar-refractivity contribution >= 4 is 27.9 Å². The summed E-state index contributed by atoms with van der Waals surface area (Å²) in [5, 5.41) is 5.58. The van der Waals surface area contributed by atoms with Crippen molar-refractivity contribution in [1.29, 1.82) is 0 Å². The molecule has 2 aliphatic carbocycles. The van der Waals surface area contributed by atoms with Crippen LogP contribution in [0.4, 0.5) is 4.79 Å². The lowest BCUT2D eigenvalue weighted by Gasteiger charge is -2.35. The number of benzene rings is 1. The molecule has 264 valence electrons. The van der Waals surface area contributed by atoms with Gasteiger partial charge in [-0.05, 0) is 91.2 Å². The highest BCUT2D eigenvalue weighted by Gasteiger charge is 2.54. The Balaban J connectivity index is 1.64. The van der Waals surface area contributed by atoms with Crippen LogP contribution in [0.25, 0.3) is 0 Å². The molecule has 0 aromatic heterocycles. The van der Waals surface area contributed by atoms with Crippen molar-refractivity contribution in [2.24, 2.45) is 5.41 Å². The number of sulfonamides is 1. The quantitative estimate of drug-likeness (QED) is 0.260. The summed E-state index contributed by atoms with van der Waals surface area (Å²) in [5.41, 5.74) is -1.73. The Hall–Kier alpha value is -3.44. The number of aryl methyl sites for hydroxylation is 1. The molecule has 1 aromatic rings. The fourth-order valence-electron chi connectivity index (χ4n) is 7.03. The number of allylic oxidation sites excluding steroid dienone is 5. The molecule has 4 rings (SSSR count). The zero-order valence-electron chi connectivity index (χ0n) is 29.6. The van der Waals surface area contributed by atoms with Gasteiger partial charge in [0.15, 0.2) is 0 Å². The molecular weight excluding hydrogens is 628 g/mol. The largest absolute Gasteiger partial charge is 0.444 e. The topological polar surface area (TPSA) is 134 Å². The van der Waals surface area contributed by atoms with Crippen molar-refractivity contribution < 1.29 is 27.5 Å². The maximum atomic E-state index is 14.5. The van der Waals surface area contributed by atoms with E-state index < -0.39 is 50.2 Å². The number of likely N-dealkylation sites (N-methyl/N-ethyl adjacent to an activating group) is 1. The fourth-order valence-corrected chi connectivity index (χ4v) is 9.32. The molecule has 1 spiro atoms. The minimum absolute atomic E-state index is 0.134. The zero-order valence-corrected chi connectivity index (χ0v) is 30.5. The van der Waals surface area contributed by atoms with Gasteiger partial charge in [-0.2, -0.15) is 0 Å². The summed E-state index contributed by atoms with van der Waals surface area (Å²) in [6, 6.07) is 9.04. The molecule has 48 heavy (non-hydrogen) atoms. The summed E-state index contributed by atoms with van der Waals surface area (Å²) in [7, 11) is -3.81. The van der Waals surface area contributed by atoms with Crippen LogP contribution in [0, 0.1) is 5.41 Å². The Morgan fingerprint density at radius 3 is 2.29 bits per heavy atom. The monoisotopic (exact) mass is 682 g/mol. The number of rotatable bonds is 12. The van der Waals surface area contributed by atoms with Crippen LogP contribution in [-0.2, 0) is 30.8 Å². The van der Waals surface area contributed by atoms with Crippen molar-refractivity contribution in [2.45, 2.75) is 123 Å². The molecule has 1 aromatic carbocycles. The molecular formula is C37H54N4O6S. The van der Waals surface area contributed by atoms with Gasteiger partial charge in [0.2, 0.25) is 21.8 Å². The molecule has 2 atom stereocenters. The van der Waals surface area contributed by atoms with Gasteiger partial charge in [-0.25, -0.2) is 17.9 Å². The van der Waals surface area contributed by atoms with Crippen LogP contribution in [-0.4, -0.2) is 67.0 Å². The first-order valence-corrected chi connectivity index (χ1v) is 18.7. The molecule has 3 aliphatic rings. The second-order valence-electron chi connectivity index (χ2n) is 15.1. The number of nitrogens with one attached hydrogen (secondary N) is 3. The first-order valence-electron chi connectivity index (χ1n) is 17.2. The first-order chi connectivity index (χ1) is 22.4. The predicted octanol–water partition coefficient (Wildman–Crippen LogP) is 5.67. The van der Waals surface area contributed by atoms with Crippen LogP contribution in [0.15, 0.2) is 65.1 Å². The smallest absolute Gasteiger partial charge is 0.408 e. The summed E-state index contributed by atoms with van der Waals surface area (Å²) >= 11 is 0. The van der Waals surface area contributed by atoms with E-state index in [0.717, 1.165) is 24.0 Å². The van der Waals surface area contributed by atoms with Crippen LogP contribution >= 0.6 is 0 Å². The van der Waals surface area contributed by atoms with E-state index in [1.807, 2.05) is 68.5 Å². The van der Waals surface area contributed by atoms with E-state index in [1.54, 1.807) is 39.5 Å². The molecule has 1 unspecified atom stereocenters. The second-order valence-corrected chi connectivity index (χ2v) is 16.7. The van der Waals surface area contributed by atoms with Gasteiger partial charge in [0.05, 0.1) is 10.4 Å². The van der Waals surface area contributed by atoms with Crippen LogP contribution in [0.2, 0.25) is 0 Å². The van der Waals surface area contributed by atoms with E-state index in [2.05, 4.69) is 15.4 Å². The molecule has 1 aliphatic heterocycles. The van der Waals surface area contributed by atoms with Gasteiger partial charge in [0, 0.05) is 18.5 Å². The van der Waals surface area contributed by atoms with Crippen molar-refractivity contribution in [3.63, 3.8) is 0 Å². The van der Waals surface area contributed by atoms with Gasteiger partial charge < -0.3 is 20.3 Å². The van der Waals surface area contributed by atoms with E-state index in [-0.39, 0.29) is 12.5 Å². The summed E-state index contributed by atoms with van der Waals surface area (Å²) in [6.45, 7) is 12.6. The van der Waals surface area contributed by atoms with Crippen LogP contribution in [0.5, 0.6) is 0 Å². The SMILES string of the molecule is CCN(CC1=C(C2(C)C=CC=CC2)S(=O)(=O)NC12CCCC2)C(=O)[C@@H](CCCc1ccccc1)NC(=O)C(C)(C)NC(=O)OC(C)(C)C. The highest BCUT2D eigenvalue weighted by atomic mass is 32.2. The third-order valence-electron chi connectivity index (χ3n) is 9.51. The van der Waals surface area contributed by atoms with Gasteiger partial charge in [-0.15, -0.1) is 0 Å². The third kappa shape index (κ3) is 8.77. The van der Waals surface area contributed by atoms with Gasteiger partial charge in [-0.1, -0.05) is 74.4 Å². The molecule has 1 heterocycles. The maximum Gasteiger partial charge on any atom is 0.408 e. The van der Waals surface area contributed by atoms with Crippen molar-refractivity contribution in [3.05, 3.63) is 70.7 Å². The van der Waals surface area contributed by atoms with Gasteiger partial charge >= 0.3 is 6.09 Å². The minimum Gasteiger partial charge on any atom is -0.444 e. The molecule has 3 N–H and O–H groups in total. The lowest BCUT2D eigenvalue weighted by Crippen LogP contribution is -2.60. The summed E-state index contributed by atoms with van der Waals surface area (Å²) < 4.78 is 36.2. The average Bonchev–Trinajstić information content (AvgIpc) is 3.54. The lowest BCUT2D eigenvalue weighted by molar-refractivity contribution is -0.137. The summed E-state index contributed by atoms with van der Waals surface area (Å²) in [5.74, 6) is -0.813. The number of carbonyl (C=O) groups excluding carboxylic acids is 3. The molecule has 3 amide bonds. The number of nitrogens with zero attached hydrogens (tertiary/aromatic N) is 1. The summed E-state index contributed by atoms with van der Waals surface area (Å²) in [4.78, 5) is 42.8. The predicted molar refractivity (Wildman–Crippen MR) is 188 cm³/mol. The standard InChI is InChI=1S/C37H54N4O6S/c1-8-41(26-28-30(36(7)22-13-10-14-23-36)48(45,46)40-37(28)24-15-16-25-37)31(42)29(21-17-20-27-18-11-9-12-19-27)38-32(43)35(5,6)39-33(44)47-34(2,3)4/h9-14,18-19,22,29,40H,8,15-17,20-21,23-26H2,1-7H3,(H,38,43)(H,39,44)/t29-,36?/m1/s1. The van der Waals surface area contributed by atoms with E-state index in [9.17, 15) is 22.8 Å². The molecule has 0 bridgehead atoms. The molecule has 0 radical (unpaired) electrons. The molecule has 0 saturated heterocycles. The van der Waals surface area contributed by atoms with E-state index in [4.69, 9.17) is 4.74 Å². The number of amides is 3. The summed E-state index contributed by atoms with van der Waals surface area (Å²) in [6.07, 6.45) is 12.4. The van der Waals surface area contributed by atoms with Crippen molar-refractivity contribution in [3.8, 4) is 0 Å². The van der Waals surface area contributed by atoms with Gasteiger partial charge in [0.25, 0.3) is 0 Å². The highest BCUT2D eigenvalue weighted by Crippen LogP contribution is 2.51. The lowest BCUT2D eigenvalue weighted by atomic mass is 9.77. The van der Waals surface area contributed by atoms with Gasteiger partial charge in [-0.3, -0.25) is 9.59 Å². The highest BCUT2D eigenvalue weighted by molar-refractivity contribution is 7.93. The minimum atomic E-state index is -3.81. The molecule has 1 fully saturated rings. The number of hydrogen-bond donors (Lipinski definition) is 3. The Labute approximate surface area is 286 Å². The van der Waals surface area contributed by atoms with E-state index in [0.29, 0.717) is 50.0 Å². The number of hydrogen-bond acceptors (Lipinski definition) is 6. The maximum absolute atomic E-state index is 14.5. The molecule has 10 nitrogen and oxygen atoms in total. The van der Waals surface area contributed by atoms with Crippen LogP contribution in [0.1, 0.15) is 99.0 Å². The van der Waals surface area contributed by atoms with E-state index in [1.165, 1.54) is 0 Å². The van der Waals surface area contributed by atoms with Gasteiger partial charge in [0.1, 0.15) is 17.2 Å². The van der Waals surface area contributed by atoms with Crippen LogP contribution < -0.4 is 15.4 Å². The second kappa shape index (κ2) is 14.6. The average molecular weight is 683 g/mol. The Kier molecular flexibility index (Phi) is 11.4. The Morgan fingerprint density at radius 2 is 1.71 bits per heavy atom. The fraction of sp³-hybridized carbons (Fsp3) is 0.595. The molecule has 1 saturated carbocycles. The first kappa shape index (κ1) is 37.4. The normalized spacial score (nSPS) is 22.1. The van der Waals surface area contributed by atoms with Crippen molar-refractivity contribution in [1.82, 2.24) is 20.3 Å². The zero-order chi connectivity index (χ0) is 35.4.